The lowest BCUT2D eigenvalue weighted by Crippen LogP contribution is -2.40. The third-order valence-corrected chi connectivity index (χ3v) is 4.29. The summed E-state index contributed by atoms with van der Waals surface area (Å²) in [4.78, 5) is 19.1. The summed E-state index contributed by atoms with van der Waals surface area (Å²) in [7, 11) is 0. The quantitative estimate of drug-likeness (QED) is 0.413. The van der Waals surface area contributed by atoms with Crippen molar-refractivity contribution in [2.45, 2.75) is 25.9 Å². The van der Waals surface area contributed by atoms with Crippen LogP contribution in [0.2, 0.25) is 0 Å². The molecule has 3 N–H and O–H groups in total. The SMILES string of the molecule is CCNC(=NCCCNC(=O)c1cccs1)N1CC[C@@H](O)C1. The summed E-state index contributed by atoms with van der Waals surface area (Å²) in [6.45, 7) is 5.58. The molecule has 1 atom stereocenters. The number of carbonyl (C=O) groups excluding carboxylic acids is 1. The van der Waals surface area contributed by atoms with E-state index in [1.807, 2.05) is 24.4 Å². The van der Waals surface area contributed by atoms with Gasteiger partial charge in [-0.3, -0.25) is 9.79 Å². The molecule has 0 spiro atoms. The van der Waals surface area contributed by atoms with Crippen LogP contribution in [0.5, 0.6) is 0 Å². The van der Waals surface area contributed by atoms with Gasteiger partial charge in [-0.2, -0.15) is 0 Å². The average molecular weight is 324 g/mol. The number of amides is 1. The van der Waals surface area contributed by atoms with E-state index in [0.29, 0.717) is 19.6 Å². The molecule has 122 valence electrons. The third kappa shape index (κ3) is 4.99. The number of thiophene rings is 1. The molecule has 22 heavy (non-hydrogen) atoms. The van der Waals surface area contributed by atoms with Crippen LogP contribution in [0.3, 0.4) is 0 Å². The number of likely N-dealkylation sites (tertiary alicyclic amines) is 1. The van der Waals surface area contributed by atoms with E-state index in [-0.39, 0.29) is 12.0 Å². The molecule has 2 rings (SSSR count). The number of aliphatic hydroxyl groups is 1. The highest BCUT2D eigenvalue weighted by Crippen LogP contribution is 2.09. The van der Waals surface area contributed by atoms with Gasteiger partial charge < -0.3 is 20.6 Å². The summed E-state index contributed by atoms with van der Waals surface area (Å²) >= 11 is 1.44. The standard InChI is InChI=1S/C15H24N4O2S/c1-2-16-15(19-9-6-12(20)11-19)18-8-4-7-17-14(21)13-5-3-10-22-13/h3,5,10,12,20H,2,4,6-9,11H2,1H3,(H,16,18)(H,17,21)/t12-/m1/s1. The molecule has 2 heterocycles. The first-order valence-electron chi connectivity index (χ1n) is 7.73. The van der Waals surface area contributed by atoms with Gasteiger partial charge in [0.15, 0.2) is 5.96 Å². The molecule has 0 bridgehead atoms. The van der Waals surface area contributed by atoms with E-state index < -0.39 is 0 Å². The second-order valence-corrected chi connectivity index (χ2v) is 6.16. The summed E-state index contributed by atoms with van der Waals surface area (Å²) in [5.74, 6) is 0.831. The van der Waals surface area contributed by atoms with Crippen LogP contribution in [0.15, 0.2) is 22.5 Å². The van der Waals surface area contributed by atoms with Crippen molar-refractivity contribution in [2.75, 3.05) is 32.7 Å². The normalized spacial score (nSPS) is 18.5. The molecule has 7 heteroatoms. The topological polar surface area (TPSA) is 77.0 Å². The van der Waals surface area contributed by atoms with Gasteiger partial charge in [-0.15, -0.1) is 11.3 Å². The Hall–Kier alpha value is -1.60. The number of rotatable bonds is 6. The Bertz CT molecular complexity index is 490. The van der Waals surface area contributed by atoms with Gasteiger partial charge in [0.1, 0.15) is 0 Å². The highest BCUT2D eigenvalue weighted by atomic mass is 32.1. The van der Waals surface area contributed by atoms with Gasteiger partial charge in [0.05, 0.1) is 11.0 Å². The molecule has 0 aromatic carbocycles. The lowest BCUT2D eigenvalue weighted by molar-refractivity contribution is 0.0957. The van der Waals surface area contributed by atoms with Crippen LogP contribution in [0.4, 0.5) is 0 Å². The van der Waals surface area contributed by atoms with Crippen molar-refractivity contribution in [3.05, 3.63) is 22.4 Å². The van der Waals surface area contributed by atoms with Crippen molar-refractivity contribution in [2.24, 2.45) is 4.99 Å². The molecule has 0 saturated carbocycles. The molecule has 1 fully saturated rings. The van der Waals surface area contributed by atoms with Gasteiger partial charge >= 0.3 is 0 Å². The second kappa shape index (κ2) is 8.75. The van der Waals surface area contributed by atoms with E-state index in [4.69, 9.17) is 0 Å². The molecule has 1 saturated heterocycles. The molecule has 6 nitrogen and oxygen atoms in total. The predicted octanol–water partition coefficient (Wildman–Crippen LogP) is 0.900. The number of guanidine groups is 1. The number of nitrogens with zero attached hydrogens (tertiary/aromatic N) is 2. The number of hydrogen-bond acceptors (Lipinski definition) is 4. The molecule has 0 aliphatic carbocycles. The zero-order valence-corrected chi connectivity index (χ0v) is 13.7. The monoisotopic (exact) mass is 324 g/mol. The Labute approximate surface area is 135 Å². The smallest absolute Gasteiger partial charge is 0.261 e. The average Bonchev–Trinajstić information content (AvgIpc) is 3.17. The molecule has 1 aliphatic heterocycles. The van der Waals surface area contributed by atoms with Crippen molar-refractivity contribution in [3.8, 4) is 0 Å². The summed E-state index contributed by atoms with van der Waals surface area (Å²) in [6, 6.07) is 3.69. The fourth-order valence-electron chi connectivity index (χ4n) is 2.32. The number of aliphatic imine (C=N–C) groups is 1. The third-order valence-electron chi connectivity index (χ3n) is 3.42. The van der Waals surface area contributed by atoms with Crippen molar-refractivity contribution in [1.29, 1.82) is 0 Å². The van der Waals surface area contributed by atoms with Crippen LogP contribution >= 0.6 is 11.3 Å². The number of β-amino-alcohol motifs (C(OH)–C–C–N with tert-alkyl or cyclic N) is 1. The van der Waals surface area contributed by atoms with Crippen LogP contribution in [-0.4, -0.2) is 60.7 Å². The summed E-state index contributed by atoms with van der Waals surface area (Å²) in [6.07, 6.45) is 1.33. The summed E-state index contributed by atoms with van der Waals surface area (Å²) < 4.78 is 0. The molecule has 1 aliphatic rings. The first-order chi connectivity index (χ1) is 10.7. The predicted molar refractivity (Wildman–Crippen MR) is 89.4 cm³/mol. The molecular weight excluding hydrogens is 300 g/mol. The van der Waals surface area contributed by atoms with Gasteiger partial charge in [-0.25, -0.2) is 0 Å². The Morgan fingerprint density at radius 2 is 2.41 bits per heavy atom. The van der Waals surface area contributed by atoms with Gasteiger partial charge in [0.25, 0.3) is 5.91 Å². The first-order valence-corrected chi connectivity index (χ1v) is 8.61. The van der Waals surface area contributed by atoms with Gasteiger partial charge in [-0.05, 0) is 31.2 Å². The minimum atomic E-state index is -0.256. The van der Waals surface area contributed by atoms with Crippen LogP contribution in [0.1, 0.15) is 29.4 Å². The van der Waals surface area contributed by atoms with E-state index in [1.165, 1.54) is 11.3 Å². The van der Waals surface area contributed by atoms with Crippen LogP contribution in [-0.2, 0) is 0 Å². The lowest BCUT2D eigenvalue weighted by atomic mass is 10.3. The Balaban J connectivity index is 1.71. The summed E-state index contributed by atoms with van der Waals surface area (Å²) in [5, 5.41) is 17.6. The molecular formula is C15H24N4O2S. The van der Waals surface area contributed by atoms with Gasteiger partial charge in [0, 0.05) is 32.7 Å². The van der Waals surface area contributed by atoms with Crippen molar-refractivity contribution < 1.29 is 9.90 Å². The van der Waals surface area contributed by atoms with Crippen LogP contribution in [0.25, 0.3) is 0 Å². The van der Waals surface area contributed by atoms with Crippen LogP contribution in [0, 0.1) is 0 Å². The minimum Gasteiger partial charge on any atom is -0.391 e. The first kappa shape index (κ1) is 16.8. The second-order valence-electron chi connectivity index (χ2n) is 5.21. The minimum absolute atomic E-state index is 0.0199. The largest absolute Gasteiger partial charge is 0.391 e. The summed E-state index contributed by atoms with van der Waals surface area (Å²) in [5.41, 5.74) is 0. The molecule has 0 unspecified atom stereocenters. The highest BCUT2D eigenvalue weighted by Gasteiger charge is 2.22. The maximum atomic E-state index is 11.8. The Morgan fingerprint density at radius 3 is 3.05 bits per heavy atom. The number of hydrogen-bond donors (Lipinski definition) is 3. The van der Waals surface area contributed by atoms with E-state index >= 15 is 0 Å². The lowest BCUT2D eigenvalue weighted by Gasteiger charge is -2.20. The fraction of sp³-hybridized carbons (Fsp3) is 0.600. The van der Waals surface area contributed by atoms with E-state index in [9.17, 15) is 9.90 Å². The number of aliphatic hydroxyl groups excluding tert-OH is 1. The van der Waals surface area contributed by atoms with E-state index in [2.05, 4.69) is 20.5 Å². The number of carbonyl (C=O) groups is 1. The zero-order chi connectivity index (χ0) is 15.8. The van der Waals surface area contributed by atoms with Crippen molar-refractivity contribution in [1.82, 2.24) is 15.5 Å². The maximum absolute atomic E-state index is 11.8. The van der Waals surface area contributed by atoms with Crippen LogP contribution < -0.4 is 10.6 Å². The Kier molecular flexibility index (Phi) is 6.67. The Morgan fingerprint density at radius 1 is 1.55 bits per heavy atom. The van der Waals surface area contributed by atoms with Gasteiger partial charge in [0.2, 0.25) is 0 Å². The fourth-order valence-corrected chi connectivity index (χ4v) is 2.96. The molecule has 0 radical (unpaired) electrons. The van der Waals surface area contributed by atoms with E-state index in [0.717, 1.165) is 36.8 Å². The maximum Gasteiger partial charge on any atom is 0.261 e. The van der Waals surface area contributed by atoms with Crippen molar-refractivity contribution in [3.63, 3.8) is 0 Å². The molecule has 1 aromatic heterocycles. The molecule has 1 aromatic rings. The van der Waals surface area contributed by atoms with Gasteiger partial charge in [-0.1, -0.05) is 6.07 Å². The van der Waals surface area contributed by atoms with E-state index in [1.54, 1.807) is 0 Å². The zero-order valence-electron chi connectivity index (χ0n) is 12.9. The number of nitrogens with one attached hydrogen (secondary N) is 2. The molecule has 1 amide bonds. The van der Waals surface area contributed by atoms with Crippen molar-refractivity contribution >= 4 is 23.2 Å². The highest BCUT2D eigenvalue weighted by molar-refractivity contribution is 7.12.